The molecule has 2 aliphatic rings. The molecule has 14 aromatic heterocycles. The Kier molecular flexibility index (Phi) is 23.4. The fourth-order valence-electron chi connectivity index (χ4n) is 15.4. The van der Waals surface area contributed by atoms with Crippen molar-refractivity contribution in [2.75, 3.05) is 21.3 Å². The molecule has 0 aliphatic heterocycles. The van der Waals surface area contributed by atoms with Crippen LogP contribution in [0.5, 0.6) is 0 Å². The van der Waals surface area contributed by atoms with Gasteiger partial charge < -0.3 is 21.3 Å². The van der Waals surface area contributed by atoms with Crippen molar-refractivity contribution in [3.8, 4) is 68.2 Å². The number of alkyl halides is 12. The number of aromatic nitrogens is 30. The minimum absolute atomic E-state index is 0.0240. The van der Waals surface area contributed by atoms with Crippen LogP contribution < -0.4 is 43.5 Å². The molecule has 4 aromatic carbocycles. The Morgan fingerprint density at radius 1 is 0.391 bits per heavy atom. The molecular formula is C83H72F12N34O4. The molecule has 18 aromatic rings. The second-order valence-corrected chi connectivity index (χ2v) is 31.1. The summed E-state index contributed by atoms with van der Waals surface area (Å²) >= 11 is 0. The summed E-state index contributed by atoms with van der Waals surface area (Å²) < 4.78 is 169. The maximum atomic E-state index is 14.2. The molecule has 0 unspecified atom stereocenters. The van der Waals surface area contributed by atoms with E-state index in [1.165, 1.54) is 60.9 Å². The Morgan fingerprint density at radius 2 is 0.827 bits per heavy atom. The highest BCUT2D eigenvalue weighted by Crippen LogP contribution is 2.46. The van der Waals surface area contributed by atoms with Gasteiger partial charge in [-0.05, 0) is 146 Å². The van der Waals surface area contributed by atoms with E-state index >= 15 is 0 Å². The van der Waals surface area contributed by atoms with E-state index < -0.39 is 90.7 Å². The number of aromatic amines is 12. The maximum Gasteiger partial charge on any atom is 0.417 e. The smallest absolute Gasteiger partial charge is 0.307 e. The summed E-state index contributed by atoms with van der Waals surface area (Å²) in [5, 5.41) is 56.2. The van der Waals surface area contributed by atoms with Crippen LogP contribution in [0.3, 0.4) is 0 Å². The van der Waals surface area contributed by atoms with E-state index in [4.69, 9.17) is 0 Å². The van der Waals surface area contributed by atoms with E-state index in [0.29, 0.717) is 87.3 Å². The van der Waals surface area contributed by atoms with Crippen molar-refractivity contribution >= 4 is 90.7 Å². The van der Waals surface area contributed by atoms with Crippen LogP contribution >= 0.6 is 0 Å². The molecule has 0 atom stereocenters. The lowest BCUT2D eigenvalue weighted by Gasteiger charge is -2.20. The number of hydrogen-bond donors (Lipinski definition) is 16. The normalized spacial score (nSPS) is 13.1. The number of aryl methyl sites for hydroxylation is 4. The first kappa shape index (κ1) is 88.5. The van der Waals surface area contributed by atoms with Gasteiger partial charge in [0.15, 0.2) is 29.1 Å². The first-order valence-corrected chi connectivity index (χ1v) is 40.7. The van der Waals surface area contributed by atoms with Gasteiger partial charge in [0.25, 0.3) is 22.2 Å². The van der Waals surface area contributed by atoms with Crippen molar-refractivity contribution in [2.45, 2.75) is 136 Å². The predicted octanol–water partition coefficient (Wildman–Crippen LogP) is 16.1. The molecule has 0 saturated heterocycles. The molecule has 50 heteroatoms. The third-order valence-corrected chi connectivity index (χ3v) is 22.0. The van der Waals surface area contributed by atoms with Crippen LogP contribution in [0.15, 0.2) is 123 Å². The molecule has 0 radical (unpaired) electrons. The minimum atomic E-state index is -4.84. The van der Waals surface area contributed by atoms with Gasteiger partial charge in [-0.25, -0.2) is 39.9 Å². The molecule has 133 heavy (non-hydrogen) atoms. The lowest BCUT2D eigenvalue weighted by Crippen LogP contribution is -2.16. The Morgan fingerprint density at radius 3 is 1.29 bits per heavy atom. The summed E-state index contributed by atoms with van der Waals surface area (Å²) in [6, 6.07) is 19.0. The predicted molar refractivity (Wildman–Crippen MR) is 461 cm³/mol. The van der Waals surface area contributed by atoms with Crippen molar-refractivity contribution < 1.29 is 52.7 Å². The van der Waals surface area contributed by atoms with Gasteiger partial charge in [0.2, 0.25) is 23.8 Å². The molecule has 16 N–H and O–H groups in total. The summed E-state index contributed by atoms with van der Waals surface area (Å²) in [6.07, 6.45) is -5.47. The number of hydrogen-bond acceptors (Lipinski definition) is 26. The number of halogens is 12. The zero-order valence-electron chi connectivity index (χ0n) is 70.3. The molecule has 1 fully saturated rings. The quantitative estimate of drug-likeness (QED) is 0.0400. The number of nitrogens with zero attached hydrogens (tertiary/aromatic N) is 18. The topological polar surface area (TPSA) is 538 Å². The zero-order chi connectivity index (χ0) is 93.9. The number of H-pyrrole nitrogens is 12. The molecule has 0 amide bonds. The average Bonchev–Trinajstić information content (AvgIpc) is 1.69. The van der Waals surface area contributed by atoms with Crippen LogP contribution in [0.25, 0.3) is 112 Å². The maximum absolute atomic E-state index is 14.2. The van der Waals surface area contributed by atoms with Gasteiger partial charge in [0, 0.05) is 110 Å². The third kappa shape index (κ3) is 18.3. The van der Waals surface area contributed by atoms with Gasteiger partial charge in [0.1, 0.15) is 40.7 Å². The summed E-state index contributed by atoms with van der Waals surface area (Å²) in [7, 11) is 0. The van der Waals surface area contributed by atoms with Crippen LogP contribution in [-0.4, -0.2) is 151 Å². The van der Waals surface area contributed by atoms with Crippen molar-refractivity contribution in [3.63, 3.8) is 0 Å². The summed E-state index contributed by atoms with van der Waals surface area (Å²) in [5.74, 6) is 4.23. The third-order valence-electron chi connectivity index (χ3n) is 22.0. The summed E-state index contributed by atoms with van der Waals surface area (Å²) in [4.78, 5) is 109. The zero-order valence-corrected chi connectivity index (χ0v) is 70.3. The lowest BCUT2D eigenvalue weighted by molar-refractivity contribution is -0.136. The van der Waals surface area contributed by atoms with Crippen LogP contribution in [0, 0.1) is 34.6 Å². The molecule has 38 nitrogen and oxygen atoms in total. The first-order chi connectivity index (χ1) is 63.4. The standard InChI is InChI=1S/C23H18F3N9O.C21H21F3N8O.C20H14F3N9O.C19H19F3N8O/c24-23(25,26)17-13(7-8-15-16(17)21(36)34-32-15)20-28-14-6-2-1-5-12(14)19(29-20)31-22-30-18(33-35-22)11-4-3-9-27-10-11;1-9-10(2)25-18(12-7-8-13-14(19(33)31-29-13)15(12)21(22,23)24)26-16(9)27-20-28-17(30-32-20)11-5-3-4-6-11;1-9-25-19(32-29-9)28-14-8-13(10-4-6-24-7-5-10)26-17(27-14)11-2-3-12-15(18(33)31-30-12)16(11)20(21,22)23;1-7(2)14-25-18(30-28-14)26-15-8(3)9(4)23-16(24-15)10-5-6-11-12(17(31)29-27-11)13(10)19(20,21)22/h3-4,7-10H,1-2,5-6H2,(H2,32,34,36)(H2,28,29,30,31,33,35);7-8,11H,3-6H2,1-2H3,(H2,29,31,33)(H2,25,26,27,28,30,32);2-8H,1H3,(H2,30,31,33)(H2,25,26,27,28,29,32);5-7H,1-4H3,(H2,27,29,31)(H2,23,24,25,26,28,30). The minimum Gasteiger partial charge on any atom is -0.307 e. The lowest BCUT2D eigenvalue weighted by atomic mass is 9.95. The van der Waals surface area contributed by atoms with Crippen LogP contribution in [0.4, 0.5) is 99.7 Å². The van der Waals surface area contributed by atoms with E-state index in [0.717, 1.165) is 55.5 Å². The second kappa shape index (κ2) is 35.2. The number of benzene rings is 4. The Balaban J connectivity index is 0.000000124. The molecule has 20 rings (SSSR count). The van der Waals surface area contributed by atoms with E-state index in [-0.39, 0.29) is 109 Å². The number of nitrogens with one attached hydrogen (secondary N) is 16. The van der Waals surface area contributed by atoms with Crippen LogP contribution in [-0.2, 0) is 37.5 Å². The van der Waals surface area contributed by atoms with Crippen molar-refractivity contribution in [1.29, 1.82) is 0 Å². The van der Waals surface area contributed by atoms with Gasteiger partial charge in [-0.1, -0.05) is 26.7 Å². The number of fused-ring (bicyclic) bond motifs is 5. The van der Waals surface area contributed by atoms with Gasteiger partial charge >= 0.3 is 24.7 Å². The van der Waals surface area contributed by atoms with Crippen molar-refractivity contribution in [1.82, 2.24) is 151 Å². The molecule has 0 bridgehead atoms. The van der Waals surface area contributed by atoms with Crippen molar-refractivity contribution in [2.24, 2.45) is 0 Å². The first-order valence-electron chi connectivity index (χ1n) is 40.7. The highest BCUT2D eigenvalue weighted by Gasteiger charge is 2.43. The van der Waals surface area contributed by atoms with E-state index in [2.05, 4.69) is 173 Å². The average molecular weight is 1840 g/mol. The van der Waals surface area contributed by atoms with Gasteiger partial charge in [-0.2, -0.15) is 72.6 Å². The number of rotatable bonds is 16. The Bertz CT molecular complexity index is 7670. The van der Waals surface area contributed by atoms with E-state index in [1.54, 1.807) is 71.3 Å². The highest BCUT2D eigenvalue weighted by atomic mass is 19.4. The molecule has 682 valence electrons. The summed E-state index contributed by atoms with van der Waals surface area (Å²) in [5.41, 5.74) is -3.50. The van der Waals surface area contributed by atoms with Gasteiger partial charge in [0.05, 0.1) is 71.6 Å². The fourth-order valence-corrected chi connectivity index (χ4v) is 15.4. The van der Waals surface area contributed by atoms with E-state index in [9.17, 15) is 71.9 Å². The molecule has 2 aliphatic carbocycles. The Hall–Kier alpha value is -16.5. The second-order valence-electron chi connectivity index (χ2n) is 31.1. The fraction of sp³-hybridized carbons (Fsp3) is 0.253. The van der Waals surface area contributed by atoms with Gasteiger partial charge in [-0.3, -0.25) is 90.3 Å². The monoisotopic (exact) mass is 1840 g/mol. The molecular weight excluding hydrogens is 1770 g/mol. The number of pyridine rings is 2. The summed E-state index contributed by atoms with van der Waals surface area (Å²) in [6.45, 7) is 12.4. The number of anilines is 8. The van der Waals surface area contributed by atoms with E-state index in [1.807, 2.05) is 19.9 Å². The molecule has 1 saturated carbocycles. The van der Waals surface area contributed by atoms with Gasteiger partial charge in [-0.15, -0.1) is 20.4 Å². The highest BCUT2D eigenvalue weighted by molar-refractivity contribution is 5.92. The Labute approximate surface area is 736 Å². The molecule has 14 heterocycles. The van der Waals surface area contributed by atoms with Crippen LogP contribution in [0.1, 0.15) is 138 Å². The largest absolute Gasteiger partial charge is 0.417 e. The van der Waals surface area contributed by atoms with Crippen molar-refractivity contribution in [3.05, 3.63) is 219 Å². The SMILES string of the molecule is Cc1nc(-c2ccc3[nH][nH]c(=O)c3c2C(F)(F)F)nc(Nc2n[nH]c(C(C)C)n2)c1C.Cc1nc(-c2ccc3[nH][nH]c(=O)c3c2C(F)(F)F)nc(Nc2n[nH]c(C3CCCC3)n2)c1C.Cc1nc(Nc2cc(-c3ccncc3)nc(-c3ccc4[nH][nH]c(=O)c4c3C(F)(F)F)n2)n[nH]1.O=c1[nH][nH]c2ccc(-c3nc4c(c(Nc5n[nH]c(-c6cccnc6)n5)n3)CCCC4)c(C(F)(F)F)c12. The van der Waals surface area contributed by atoms with Crippen LogP contribution in [0.2, 0.25) is 0 Å². The molecule has 0 spiro atoms.